The van der Waals surface area contributed by atoms with Crippen LogP contribution in [0.5, 0.6) is 0 Å². The van der Waals surface area contributed by atoms with E-state index in [1.54, 1.807) is 0 Å². The van der Waals surface area contributed by atoms with Gasteiger partial charge < -0.3 is 9.80 Å². The van der Waals surface area contributed by atoms with Gasteiger partial charge >= 0.3 is 0 Å². The van der Waals surface area contributed by atoms with Crippen LogP contribution in [-0.4, -0.2) is 49.6 Å². The number of rotatable bonds is 4. The summed E-state index contributed by atoms with van der Waals surface area (Å²) in [5.41, 5.74) is 4.19. The summed E-state index contributed by atoms with van der Waals surface area (Å²) in [5.74, 6) is 0. The minimum Gasteiger partial charge on any atom is -0.305 e. The Morgan fingerprint density at radius 1 is 1.05 bits per heavy atom. The fraction of sp³-hybridized carbons (Fsp3) is 0.700. The van der Waals surface area contributed by atoms with Crippen LogP contribution in [0.15, 0.2) is 24.3 Å². The van der Waals surface area contributed by atoms with Gasteiger partial charge in [0, 0.05) is 37.0 Å². The molecule has 0 N–H and O–H groups in total. The van der Waals surface area contributed by atoms with Gasteiger partial charge in [0.05, 0.1) is 0 Å². The molecule has 2 atom stereocenters. The minimum absolute atomic E-state index is 0.644. The second-order valence-corrected chi connectivity index (χ2v) is 8.39. The summed E-state index contributed by atoms with van der Waals surface area (Å²) in [7, 11) is 2.33. The molecule has 2 unspecified atom stereocenters. The summed E-state index contributed by atoms with van der Waals surface area (Å²) in [4.78, 5) is 5.39. The predicted molar refractivity (Wildman–Crippen MR) is 92.2 cm³/mol. The Morgan fingerprint density at radius 2 is 1.77 bits per heavy atom. The van der Waals surface area contributed by atoms with Crippen LogP contribution in [0.4, 0.5) is 0 Å². The first kappa shape index (κ1) is 14.7. The third kappa shape index (κ3) is 2.32. The summed E-state index contributed by atoms with van der Waals surface area (Å²) < 4.78 is 0. The molecule has 2 heterocycles. The molecular formula is C20H30N2. The normalized spacial score (nSPS) is 35.0. The van der Waals surface area contributed by atoms with E-state index in [9.17, 15) is 0 Å². The topological polar surface area (TPSA) is 6.48 Å². The predicted octanol–water partition coefficient (Wildman–Crippen LogP) is 3.35. The molecule has 1 aromatic rings. The standard InChI is InChI=1S/C20H30N2/c1-17-6-3-7-18(12-17)8-4-11-22-15-19-9-5-10-20(19,16-22)14-21(2)13-19/h3,6-7,12H,4-5,8-11,13-16H2,1-2H3. The van der Waals surface area contributed by atoms with Crippen LogP contribution in [0.3, 0.4) is 0 Å². The largest absolute Gasteiger partial charge is 0.305 e. The third-order valence-electron chi connectivity index (χ3n) is 6.66. The van der Waals surface area contributed by atoms with Crippen molar-refractivity contribution in [3.8, 4) is 0 Å². The molecule has 3 fully saturated rings. The first-order valence-electron chi connectivity index (χ1n) is 9.07. The van der Waals surface area contributed by atoms with Gasteiger partial charge in [-0.2, -0.15) is 0 Å². The van der Waals surface area contributed by atoms with Crippen molar-refractivity contribution in [2.45, 2.75) is 39.0 Å². The Hall–Kier alpha value is -0.860. The SMILES string of the molecule is Cc1cccc(CCCN2CC34CCCC3(CN(C)C4)C2)c1. The van der Waals surface area contributed by atoms with Crippen molar-refractivity contribution in [1.82, 2.24) is 9.80 Å². The second-order valence-electron chi connectivity index (χ2n) is 8.39. The van der Waals surface area contributed by atoms with Crippen LogP contribution in [0.2, 0.25) is 0 Å². The van der Waals surface area contributed by atoms with Crippen LogP contribution in [0.25, 0.3) is 0 Å². The van der Waals surface area contributed by atoms with Gasteiger partial charge in [-0.1, -0.05) is 36.2 Å². The summed E-state index contributed by atoms with van der Waals surface area (Å²) in [6.45, 7) is 8.92. The van der Waals surface area contributed by atoms with Crippen LogP contribution in [0.1, 0.15) is 36.8 Å². The van der Waals surface area contributed by atoms with Crippen LogP contribution in [0, 0.1) is 17.8 Å². The van der Waals surface area contributed by atoms with Gasteiger partial charge in [-0.25, -0.2) is 0 Å². The monoisotopic (exact) mass is 298 g/mol. The fourth-order valence-corrected chi connectivity index (χ4v) is 5.92. The average Bonchev–Trinajstić information content (AvgIpc) is 2.97. The maximum atomic E-state index is 2.79. The maximum absolute atomic E-state index is 2.79. The summed E-state index contributed by atoms with van der Waals surface area (Å²) in [5, 5.41) is 0. The maximum Gasteiger partial charge on any atom is 0.00568 e. The molecule has 22 heavy (non-hydrogen) atoms. The highest BCUT2D eigenvalue weighted by atomic mass is 15.3. The van der Waals surface area contributed by atoms with Crippen LogP contribution < -0.4 is 0 Å². The molecule has 0 bridgehead atoms. The number of likely N-dealkylation sites (tertiary alicyclic amines) is 2. The van der Waals surface area contributed by atoms with Crippen molar-refractivity contribution in [2.75, 3.05) is 39.8 Å². The van der Waals surface area contributed by atoms with E-state index in [0.717, 1.165) is 0 Å². The molecule has 2 nitrogen and oxygen atoms in total. The molecule has 2 heteroatoms. The molecular weight excluding hydrogens is 268 g/mol. The molecule has 0 spiro atoms. The average molecular weight is 298 g/mol. The molecule has 3 aliphatic rings. The van der Waals surface area contributed by atoms with E-state index in [-0.39, 0.29) is 0 Å². The van der Waals surface area contributed by atoms with Gasteiger partial charge in [0.1, 0.15) is 0 Å². The van der Waals surface area contributed by atoms with Crippen LogP contribution >= 0.6 is 0 Å². The highest BCUT2D eigenvalue weighted by Gasteiger charge is 2.63. The zero-order chi connectivity index (χ0) is 15.2. The summed E-state index contributed by atoms with van der Waals surface area (Å²) in [6, 6.07) is 9.02. The molecule has 2 aliphatic heterocycles. The number of benzene rings is 1. The third-order valence-corrected chi connectivity index (χ3v) is 6.66. The Balaban J connectivity index is 1.35. The lowest BCUT2D eigenvalue weighted by atomic mass is 9.71. The van der Waals surface area contributed by atoms with E-state index in [2.05, 4.69) is 48.0 Å². The number of nitrogens with zero attached hydrogens (tertiary/aromatic N) is 2. The smallest absolute Gasteiger partial charge is 0.00568 e. The van der Waals surface area contributed by atoms with E-state index >= 15 is 0 Å². The van der Waals surface area contributed by atoms with Crippen molar-refractivity contribution in [3.63, 3.8) is 0 Å². The van der Waals surface area contributed by atoms with E-state index in [0.29, 0.717) is 10.8 Å². The van der Waals surface area contributed by atoms with Gasteiger partial charge in [0.25, 0.3) is 0 Å². The summed E-state index contributed by atoms with van der Waals surface area (Å²) in [6.07, 6.45) is 6.98. The second kappa shape index (κ2) is 5.35. The van der Waals surface area contributed by atoms with Crippen molar-refractivity contribution in [1.29, 1.82) is 0 Å². The van der Waals surface area contributed by atoms with Gasteiger partial charge in [-0.3, -0.25) is 0 Å². The molecule has 0 aromatic heterocycles. The molecule has 1 aliphatic carbocycles. The van der Waals surface area contributed by atoms with Crippen LogP contribution in [-0.2, 0) is 6.42 Å². The molecule has 1 saturated carbocycles. The molecule has 1 aromatic carbocycles. The van der Waals surface area contributed by atoms with E-state index < -0.39 is 0 Å². The van der Waals surface area contributed by atoms with Gasteiger partial charge in [-0.15, -0.1) is 0 Å². The molecule has 0 amide bonds. The van der Waals surface area contributed by atoms with Gasteiger partial charge in [0.15, 0.2) is 0 Å². The van der Waals surface area contributed by atoms with Crippen molar-refractivity contribution >= 4 is 0 Å². The zero-order valence-corrected chi connectivity index (χ0v) is 14.3. The quantitative estimate of drug-likeness (QED) is 0.841. The van der Waals surface area contributed by atoms with Crippen molar-refractivity contribution in [3.05, 3.63) is 35.4 Å². The molecule has 2 saturated heterocycles. The first-order valence-corrected chi connectivity index (χ1v) is 9.07. The van der Waals surface area contributed by atoms with Crippen molar-refractivity contribution < 1.29 is 0 Å². The lowest BCUT2D eigenvalue weighted by molar-refractivity contribution is 0.212. The molecule has 120 valence electrons. The Bertz CT molecular complexity index is 532. The first-order chi connectivity index (χ1) is 10.6. The Labute approximate surface area is 135 Å². The Morgan fingerprint density at radius 3 is 2.45 bits per heavy atom. The highest BCUT2D eigenvalue weighted by molar-refractivity contribution is 5.22. The minimum atomic E-state index is 0.644. The van der Waals surface area contributed by atoms with Crippen molar-refractivity contribution in [2.24, 2.45) is 10.8 Å². The zero-order valence-electron chi connectivity index (χ0n) is 14.3. The van der Waals surface area contributed by atoms with Gasteiger partial charge in [0.2, 0.25) is 0 Å². The fourth-order valence-electron chi connectivity index (χ4n) is 5.92. The Kier molecular flexibility index (Phi) is 3.58. The lowest BCUT2D eigenvalue weighted by Crippen LogP contribution is -2.34. The number of hydrogen-bond donors (Lipinski definition) is 0. The van der Waals surface area contributed by atoms with E-state index in [4.69, 9.17) is 0 Å². The van der Waals surface area contributed by atoms with Gasteiger partial charge in [-0.05, 0) is 51.8 Å². The van der Waals surface area contributed by atoms with E-state index in [1.165, 1.54) is 76.0 Å². The number of aryl methyl sites for hydroxylation is 2. The molecule has 4 rings (SSSR count). The number of hydrogen-bond acceptors (Lipinski definition) is 2. The highest BCUT2D eigenvalue weighted by Crippen LogP contribution is 2.61. The summed E-state index contributed by atoms with van der Waals surface area (Å²) >= 11 is 0. The molecule has 0 radical (unpaired) electrons. The lowest BCUT2D eigenvalue weighted by Gasteiger charge is -2.30. The van der Waals surface area contributed by atoms with E-state index in [1.807, 2.05) is 0 Å².